The standard InChI is InChI=1S/C14H14F2N2O5/c1-8(11(19)18-7-6-17-14(18)21)22-12(20)9-4-2-3-5-10(9)23-13(15)16/h2-5,8,13H,6-7H2,1H3,(H,17,21). The fraction of sp³-hybridized carbons (Fsp3) is 0.357. The molecule has 1 aromatic rings. The number of imide groups is 1. The third kappa shape index (κ3) is 3.93. The Bertz CT molecular complexity index is 623. The van der Waals surface area contributed by atoms with E-state index in [1.54, 1.807) is 0 Å². The highest BCUT2D eigenvalue weighted by molar-refractivity contribution is 6.00. The lowest BCUT2D eigenvalue weighted by Gasteiger charge is -2.18. The van der Waals surface area contributed by atoms with Crippen molar-refractivity contribution in [1.82, 2.24) is 10.2 Å². The third-order valence-corrected chi connectivity index (χ3v) is 3.08. The molecule has 2 rings (SSSR count). The number of rotatable bonds is 5. The lowest BCUT2D eigenvalue weighted by atomic mass is 10.2. The fourth-order valence-electron chi connectivity index (χ4n) is 2.01. The van der Waals surface area contributed by atoms with Crippen LogP contribution in [0.2, 0.25) is 0 Å². The lowest BCUT2D eigenvalue weighted by molar-refractivity contribution is -0.136. The molecule has 0 radical (unpaired) electrons. The molecule has 1 aliphatic heterocycles. The molecule has 0 aromatic heterocycles. The van der Waals surface area contributed by atoms with Gasteiger partial charge in [0.05, 0.1) is 0 Å². The molecule has 124 valence electrons. The lowest BCUT2D eigenvalue weighted by Crippen LogP contribution is -2.41. The number of ether oxygens (including phenoxy) is 2. The molecule has 1 saturated heterocycles. The first kappa shape index (κ1) is 16.7. The molecule has 1 aromatic carbocycles. The normalized spacial score (nSPS) is 15.3. The van der Waals surface area contributed by atoms with E-state index in [4.69, 9.17) is 4.74 Å². The van der Waals surface area contributed by atoms with Crippen molar-refractivity contribution >= 4 is 17.9 Å². The van der Waals surface area contributed by atoms with Crippen LogP contribution in [0.1, 0.15) is 17.3 Å². The molecule has 1 unspecified atom stereocenters. The number of esters is 1. The van der Waals surface area contributed by atoms with Crippen molar-refractivity contribution in [2.75, 3.05) is 13.1 Å². The van der Waals surface area contributed by atoms with Gasteiger partial charge in [-0.15, -0.1) is 0 Å². The Morgan fingerprint density at radius 3 is 2.61 bits per heavy atom. The van der Waals surface area contributed by atoms with Crippen LogP contribution in [0, 0.1) is 0 Å². The van der Waals surface area contributed by atoms with E-state index in [1.807, 2.05) is 0 Å². The molecular weight excluding hydrogens is 314 g/mol. The molecule has 7 nitrogen and oxygen atoms in total. The number of hydrogen-bond acceptors (Lipinski definition) is 5. The monoisotopic (exact) mass is 328 g/mol. The molecule has 1 heterocycles. The first-order valence-corrected chi connectivity index (χ1v) is 6.74. The van der Waals surface area contributed by atoms with Gasteiger partial charge in [-0.3, -0.25) is 9.69 Å². The maximum Gasteiger partial charge on any atom is 0.387 e. The first-order valence-electron chi connectivity index (χ1n) is 6.74. The van der Waals surface area contributed by atoms with Crippen LogP contribution in [0.3, 0.4) is 0 Å². The van der Waals surface area contributed by atoms with E-state index in [2.05, 4.69) is 10.1 Å². The molecule has 0 aliphatic carbocycles. The van der Waals surface area contributed by atoms with Crippen molar-refractivity contribution in [3.05, 3.63) is 29.8 Å². The molecule has 0 spiro atoms. The van der Waals surface area contributed by atoms with Crippen molar-refractivity contribution < 1.29 is 32.6 Å². The van der Waals surface area contributed by atoms with Crippen LogP contribution in [0.25, 0.3) is 0 Å². The fourth-order valence-corrected chi connectivity index (χ4v) is 2.01. The zero-order valence-electron chi connectivity index (χ0n) is 12.1. The zero-order valence-corrected chi connectivity index (χ0v) is 12.1. The van der Waals surface area contributed by atoms with E-state index in [-0.39, 0.29) is 17.9 Å². The number of alkyl halides is 2. The van der Waals surface area contributed by atoms with Crippen molar-refractivity contribution in [1.29, 1.82) is 0 Å². The van der Waals surface area contributed by atoms with Gasteiger partial charge < -0.3 is 14.8 Å². The molecule has 0 saturated carbocycles. The summed E-state index contributed by atoms with van der Waals surface area (Å²) in [6, 6.07) is 4.70. The van der Waals surface area contributed by atoms with Crippen molar-refractivity contribution in [2.45, 2.75) is 19.6 Å². The van der Waals surface area contributed by atoms with E-state index in [0.717, 1.165) is 4.90 Å². The molecule has 3 amide bonds. The van der Waals surface area contributed by atoms with E-state index in [0.29, 0.717) is 6.54 Å². The first-order chi connectivity index (χ1) is 10.9. The van der Waals surface area contributed by atoms with Crippen molar-refractivity contribution in [2.24, 2.45) is 0 Å². The van der Waals surface area contributed by atoms with Gasteiger partial charge in [-0.25, -0.2) is 9.59 Å². The summed E-state index contributed by atoms with van der Waals surface area (Å²) < 4.78 is 33.8. The smallest absolute Gasteiger partial charge is 0.387 e. The summed E-state index contributed by atoms with van der Waals surface area (Å²) in [5, 5.41) is 2.44. The average Bonchev–Trinajstić information content (AvgIpc) is 2.92. The number of amides is 3. The predicted molar refractivity (Wildman–Crippen MR) is 73.1 cm³/mol. The Kier molecular flexibility index (Phi) is 5.09. The summed E-state index contributed by atoms with van der Waals surface area (Å²) in [4.78, 5) is 36.4. The van der Waals surface area contributed by atoms with Gasteiger partial charge in [0.1, 0.15) is 11.3 Å². The van der Waals surface area contributed by atoms with Gasteiger partial charge in [0.25, 0.3) is 5.91 Å². The maximum absolute atomic E-state index is 12.3. The minimum atomic E-state index is -3.10. The number of benzene rings is 1. The predicted octanol–water partition coefficient (Wildman–Crippen LogP) is 1.39. The van der Waals surface area contributed by atoms with E-state index in [1.165, 1.54) is 31.2 Å². The Morgan fingerprint density at radius 2 is 2.00 bits per heavy atom. The quantitative estimate of drug-likeness (QED) is 0.826. The van der Waals surface area contributed by atoms with E-state index < -0.39 is 30.6 Å². The van der Waals surface area contributed by atoms with Gasteiger partial charge in [-0.05, 0) is 19.1 Å². The molecule has 0 bridgehead atoms. The molecule has 1 atom stereocenters. The number of halogens is 2. The largest absolute Gasteiger partial charge is 0.449 e. The number of para-hydroxylation sites is 1. The molecule has 1 aliphatic rings. The summed E-state index contributed by atoms with van der Waals surface area (Å²) >= 11 is 0. The molecule has 23 heavy (non-hydrogen) atoms. The van der Waals surface area contributed by atoms with Gasteiger partial charge in [0.15, 0.2) is 6.10 Å². The zero-order chi connectivity index (χ0) is 17.0. The Labute approximate surface area is 130 Å². The highest BCUT2D eigenvalue weighted by Gasteiger charge is 2.32. The summed E-state index contributed by atoms with van der Waals surface area (Å²) in [5.74, 6) is -2.05. The third-order valence-electron chi connectivity index (χ3n) is 3.08. The van der Waals surface area contributed by atoms with Gasteiger partial charge in [-0.1, -0.05) is 12.1 Å². The van der Waals surface area contributed by atoms with Gasteiger partial charge in [0.2, 0.25) is 0 Å². The highest BCUT2D eigenvalue weighted by Crippen LogP contribution is 2.21. The molecule has 1 N–H and O–H groups in total. The summed E-state index contributed by atoms with van der Waals surface area (Å²) in [5.41, 5.74) is -0.238. The van der Waals surface area contributed by atoms with Crippen molar-refractivity contribution in [3.63, 3.8) is 0 Å². The maximum atomic E-state index is 12.3. The minimum absolute atomic E-state index is 0.171. The van der Waals surface area contributed by atoms with Gasteiger partial charge >= 0.3 is 18.6 Å². The van der Waals surface area contributed by atoms with E-state index >= 15 is 0 Å². The average molecular weight is 328 g/mol. The van der Waals surface area contributed by atoms with Crippen molar-refractivity contribution in [3.8, 4) is 5.75 Å². The molecule has 1 fully saturated rings. The number of nitrogens with zero attached hydrogens (tertiary/aromatic N) is 1. The van der Waals surface area contributed by atoms with Crippen LogP contribution in [-0.4, -0.2) is 48.6 Å². The van der Waals surface area contributed by atoms with Gasteiger partial charge in [-0.2, -0.15) is 8.78 Å². The number of nitrogens with one attached hydrogen (secondary N) is 1. The summed E-state index contributed by atoms with van der Waals surface area (Å²) in [6.45, 7) is -1.32. The van der Waals surface area contributed by atoms with Crippen LogP contribution < -0.4 is 10.1 Å². The minimum Gasteiger partial charge on any atom is -0.449 e. The Hall–Kier alpha value is -2.71. The highest BCUT2D eigenvalue weighted by atomic mass is 19.3. The topological polar surface area (TPSA) is 84.9 Å². The van der Waals surface area contributed by atoms with Gasteiger partial charge in [0, 0.05) is 13.1 Å². The van der Waals surface area contributed by atoms with Crippen LogP contribution >= 0.6 is 0 Å². The van der Waals surface area contributed by atoms with Crippen LogP contribution in [0.4, 0.5) is 13.6 Å². The Morgan fingerprint density at radius 1 is 1.30 bits per heavy atom. The van der Waals surface area contributed by atoms with E-state index in [9.17, 15) is 23.2 Å². The summed E-state index contributed by atoms with van der Waals surface area (Å²) in [7, 11) is 0. The number of carbonyl (C=O) groups is 3. The number of urea groups is 1. The van der Waals surface area contributed by atoms with Crippen LogP contribution in [0.15, 0.2) is 24.3 Å². The second-order valence-electron chi connectivity index (χ2n) is 4.64. The number of hydrogen-bond donors (Lipinski definition) is 1. The Balaban J connectivity index is 2.06. The number of carbonyl (C=O) groups excluding carboxylic acids is 3. The SMILES string of the molecule is CC(OC(=O)c1ccccc1OC(F)F)C(=O)N1CCNC1=O. The van der Waals surface area contributed by atoms with Crippen LogP contribution in [-0.2, 0) is 9.53 Å². The summed E-state index contributed by atoms with van der Waals surface area (Å²) in [6.07, 6.45) is -1.24. The van der Waals surface area contributed by atoms with Crippen LogP contribution in [0.5, 0.6) is 5.75 Å². The molecule has 9 heteroatoms. The molecular formula is C14H14F2N2O5. The second-order valence-corrected chi connectivity index (χ2v) is 4.64. The second kappa shape index (κ2) is 7.03.